The molecular formula is C25H27ClN4O3. The van der Waals surface area contributed by atoms with E-state index in [1.807, 2.05) is 35.2 Å². The number of carbonyl (C=O) groups excluding carboxylic acids is 3. The summed E-state index contributed by atoms with van der Waals surface area (Å²) in [5.41, 5.74) is 0.809. The van der Waals surface area contributed by atoms with Crippen LogP contribution in [0.4, 0.5) is 11.4 Å². The van der Waals surface area contributed by atoms with E-state index in [4.69, 9.17) is 11.6 Å². The van der Waals surface area contributed by atoms with Crippen molar-refractivity contribution in [1.29, 1.82) is 0 Å². The molecule has 0 unspecified atom stereocenters. The van der Waals surface area contributed by atoms with Gasteiger partial charge < -0.3 is 20.0 Å². The topological polar surface area (TPSA) is 73.0 Å². The molecule has 0 bridgehead atoms. The first-order valence-electron chi connectivity index (χ1n) is 11.4. The molecule has 5 rings (SSSR count). The fraction of sp³-hybridized carbons (Fsp3) is 0.400. The first-order valence-corrected chi connectivity index (χ1v) is 11.8. The second kappa shape index (κ2) is 8.71. The lowest BCUT2D eigenvalue weighted by molar-refractivity contribution is -0.140. The molecule has 33 heavy (non-hydrogen) atoms. The number of amides is 3. The molecule has 1 spiro atoms. The Morgan fingerprint density at radius 1 is 1.03 bits per heavy atom. The Bertz CT molecular complexity index is 1060. The minimum Gasteiger partial charge on any atom is -0.342 e. The SMILES string of the molecule is O=C(CN1CN(c2ccccc2)C2(CCN(C(=O)C3CC3)CC2)C1=O)Nc1cccc(Cl)c1. The lowest BCUT2D eigenvalue weighted by Crippen LogP contribution is -2.57. The van der Waals surface area contributed by atoms with Crippen LogP contribution in [-0.4, -0.2) is 59.4 Å². The largest absolute Gasteiger partial charge is 0.342 e. The van der Waals surface area contributed by atoms with Gasteiger partial charge >= 0.3 is 0 Å². The van der Waals surface area contributed by atoms with Gasteiger partial charge in [-0.3, -0.25) is 14.4 Å². The summed E-state index contributed by atoms with van der Waals surface area (Å²) in [6.45, 7) is 1.42. The first-order chi connectivity index (χ1) is 16.0. The maximum absolute atomic E-state index is 13.7. The zero-order valence-corrected chi connectivity index (χ0v) is 19.1. The normalized spacial score (nSPS) is 19.8. The lowest BCUT2D eigenvalue weighted by atomic mass is 9.85. The average Bonchev–Trinajstić information content (AvgIpc) is 3.63. The van der Waals surface area contributed by atoms with E-state index in [9.17, 15) is 14.4 Å². The van der Waals surface area contributed by atoms with Crippen molar-refractivity contribution in [1.82, 2.24) is 9.80 Å². The predicted octanol–water partition coefficient (Wildman–Crippen LogP) is 3.36. The third-order valence-corrected chi connectivity index (χ3v) is 7.09. The van der Waals surface area contributed by atoms with Crippen LogP contribution in [0.15, 0.2) is 54.6 Å². The number of para-hydroxylation sites is 1. The van der Waals surface area contributed by atoms with E-state index in [0.29, 0.717) is 43.3 Å². The van der Waals surface area contributed by atoms with Crippen LogP contribution in [0.3, 0.4) is 0 Å². The van der Waals surface area contributed by atoms with Gasteiger partial charge in [0.05, 0.1) is 6.67 Å². The van der Waals surface area contributed by atoms with E-state index in [-0.39, 0.29) is 30.2 Å². The number of halogens is 1. The molecule has 2 aromatic rings. The number of anilines is 2. The number of likely N-dealkylation sites (tertiary alicyclic amines) is 1. The highest BCUT2D eigenvalue weighted by Gasteiger charge is 2.54. The van der Waals surface area contributed by atoms with Crippen molar-refractivity contribution in [2.75, 3.05) is 36.5 Å². The van der Waals surface area contributed by atoms with Gasteiger partial charge in [0.1, 0.15) is 12.1 Å². The molecule has 1 N–H and O–H groups in total. The molecule has 172 valence electrons. The summed E-state index contributed by atoms with van der Waals surface area (Å²) < 4.78 is 0. The van der Waals surface area contributed by atoms with Crippen LogP contribution in [0.1, 0.15) is 25.7 Å². The van der Waals surface area contributed by atoms with Gasteiger partial charge in [0.2, 0.25) is 11.8 Å². The van der Waals surface area contributed by atoms with E-state index < -0.39 is 5.54 Å². The van der Waals surface area contributed by atoms with Gasteiger partial charge in [-0.1, -0.05) is 35.9 Å². The van der Waals surface area contributed by atoms with Gasteiger partial charge in [-0.15, -0.1) is 0 Å². The van der Waals surface area contributed by atoms with Crippen molar-refractivity contribution in [2.45, 2.75) is 31.2 Å². The number of carbonyl (C=O) groups is 3. The molecule has 0 radical (unpaired) electrons. The lowest BCUT2D eigenvalue weighted by Gasteiger charge is -2.43. The highest BCUT2D eigenvalue weighted by molar-refractivity contribution is 6.30. The second-order valence-corrected chi connectivity index (χ2v) is 9.53. The molecule has 8 heteroatoms. The Labute approximate surface area is 198 Å². The van der Waals surface area contributed by atoms with Crippen LogP contribution in [0.25, 0.3) is 0 Å². The monoisotopic (exact) mass is 466 g/mol. The van der Waals surface area contributed by atoms with Crippen molar-refractivity contribution in [3.63, 3.8) is 0 Å². The molecule has 2 aromatic carbocycles. The molecule has 3 amide bonds. The summed E-state index contributed by atoms with van der Waals surface area (Å²) in [5.74, 6) is 0.0812. The van der Waals surface area contributed by atoms with Crippen molar-refractivity contribution < 1.29 is 14.4 Å². The van der Waals surface area contributed by atoms with Crippen LogP contribution >= 0.6 is 11.6 Å². The Kier molecular flexibility index (Phi) is 5.74. The number of nitrogens with zero attached hydrogens (tertiary/aromatic N) is 3. The molecule has 2 heterocycles. The molecule has 1 aliphatic carbocycles. The van der Waals surface area contributed by atoms with E-state index in [1.54, 1.807) is 29.2 Å². The third kappa shape index (κ3) is 4.29. The smallest absolute Gasteiger partial charge is 0.250 e. The maximum Gasteiger partial charge on any atom is 0.250 e. The minimum atomic E-state index is -0.738. The van der Waals surface area contributed by atoms with Crippen molar-refractivity contribution in [2.24, 2.45) is 5.92 Å². The van der Waals surface area contributed by atoms with Gasteiger partial charge in [-0.25, -0.2) is 0 Å². The van der Waals surface area contributed by atoms with Crippen LogP contribution in [0.5, 0.6) is 0 Å². The van der Waals surface area contributed by atoms with Crippen LogP contribution in [0.2, 0.25) is 5.02 Å². The summed E-state index contributed by atoms with van der Waals surface area (Å²) in [4.78, 5) is 44.7. The molecule has 1 saturated carbocycles. The molecule has 0 aromatic heterocycles. The van der Waals surface area contributed by atoms with Crippen LogP contribution in [-0.2, 0) is 14.4 Å². The molecule has 3 aliphatic rings. The summed E-state index contributed by atoms with van der Waals surface area (Å²) in [6.07, 6.45) is 3.08. The standard InChI is InChI=1S/C25H27ClN4O3/c26-19-5-4-6-20(15-19)27-22(31)16-29-17-30(21-7-2-1-3-8-21)25(24(29)33)11-13-28(14-12-25)23(32)18-9-10-18/h1-8,15,18H,9-14,16-17H2,(H,27,31). The summed E-state index contributed by atoms with van der Waals surface area (Å²) in [5, 5.41) is 3.36. The third-order valence-electron chi connectivity index (χ3n) is 6.85. The van der Waals surface area contributed by atoms with Crippen molar-refractivity contribution in [3.05, 3.63) is 59.6 Å². The highest BCUT2D eigenvalue weighted by atomic mass is 35.5. The van der Waals surface area contributed by atoms with E-state index >= 15 is 0 Å². The molecular weight excluding hydrogens is 440 g/mol. The van der Waals surface area contributed by atoms with Crippen molar-refractivity contribution >= 4 is 40.7 Å². The Hall–Kier alpha value is -3.06. The molecule has 7 nitrogen and oxygen atoms in total. The van der Waals surface area contributed by atoms with Crippen LogP contribution < -0.4 is 10.2 Å². The van der Waals surface area contributed by atoms with E-state index in [0.717, 1.165) is 18.5 Å². The van der Waals surface area contributed by atoms with Crippen LogP contribution in [0, 0.1) is 5.92 Å². The number of hydrogen-bond acceptors (Lipinski definition) is 4. The predicted molar refractivity (Wildman–Crippen MR) is 127 cm³/mol. The highest BCUT2D eigenvalue weighted by Crippen LogP contribution is 2.41. The Balaban J connectivity index is 1.34. The molecule has 3 fully saturated rings. The van der Waals surface area contributed by atoms with E-state index in [2.05, 4.69) is 10.2 Å². The van der Waals surface area contributed by atoms with E-state index in [1.165, 1.54) is 0 Å². The fourth-order valence-corrected chi connectivity index (χ4v) is 5.14. The number of piperidine rings is 1. The molecule has 2 saturated heterocycles. The van der Waals surface area contributed by atoms with Crippen molar-refractivity contribution in [3.8, 4) is 0 Å². The molecule has 0 atom stereocenters. The zero-order chi connectivity index (χ0) is 23.0. The Morgan fingerprint density at radius 2 is 1.76 bits per heavy atom. The first kappa shape index (κ1) is 21.8. The zero-order valence-electron chi connectivity index (χ0n) is 18.4. The minimum absolute atomic E-state index is 0.0405. The van der Waals surface area contributed by atoms with Gasteiger partial charge in [0, 0.05) is 35.4 Å². The number of rotatable bonds is 5. The van der Waals surface area contributed by atoms with Gasteiger partial charge in [0.15, 0.2) is 0 Å². The quantitative estimate of drug-likeness (QED) is 0.733. The number of hydrogen-bond donors (Lipinski definition) is 1. The summed E-state index contributed by atoms with van der Waals surface area (Å²) in [7, 11) is 0. The average molecular weight is 467 g/mol. The summed E-state index contributed by atoms with van der Waals surface area (Å²) >= 11 is 6.01. The van der Waals surface area contributed by atoms with Gasteiger partial charge in [-0.05, 0) is 56.0 Å². The number of benzene rings is 2. The molecule has 2 aliphatic heterocycles. The van der Waals surface area contributed by atoms with Gasteiger partial charge in [0.25, 0.3) is 5.91 Å². The fourth-order valence-electron chi connectivity index (χ4n) is 4.95. The maximum atomic E-state index is 13.7. The van der Waals surface area contributed by atoms with Gasteiger partial charge in [-0.2, -0.15) is 0 Å². The summed E-state index contributed by atoms with van der Waals surface area (Å²) in [6, 6.07) is 16.8. The number of nitrogens with one attached hydrogen (secondary N) is 1. The Morgan fingerprint density at radius 3 is 2.42 bits per heavy atom. The second-order valence-electron chi connectivity index (χ2n) is 9.10.